The monoisotopic (exact) mass is 704 g/mol. The number of halogens is 6. The second kappa shape index (κ2) is 16.2. The molecule has 0 N–H and O–H groups in total. The average molecular weight is 705 g/mol. The van der Waals surface area contributed by atoms with Crippen molar-refractivity contribution in [1.82, 2.24) is 0 Å². The molecule has 0 amide bonds. The third kappa shape index (κ3) is 9.53. The molecule has 0 bridgehead atoms. The van der Waals surface area contributed by atoms with Crippen LogP contribution in [-0.2, 0) is 37.0 Å². The Morgan fingerprint density at radius 3 is 1.45 bits per heavy atom. The number of ether oxygens (including phenoxy) is 3. The van der Waals surface area contributed by atoms with Crippen molar-refractivity contribution in [3.8, 4) is 0 Å². The van der Waals surface area contributed by atoms with E-state index < -0.39 is 47.8 Å². The fourth-order valence-corrected chi connectivity index (χ4v) is 5.60. The fraction of sp³-hybridized carbons (Fsp3) is 0.195. The van der Waals surface area contributed by atoms with Gasteiger partial charge in [0.15, 0.2) is 0 Å². The van der Waals surface area contributed by atoms with E-state index in [0.717, 1.165) is 22.3 Å². The van der Waals surface area contributed by atoms with Crippen LogP contribution in [0.5, 0.6) is 0 Å². The molecule has 1 atom stereocenters. The van der Waals surface area contributed by atoms with E-state index in [1.807, 2.05) is 127 Å². The number of esters is 1. The Kier molecular flexibility index (Phi) is 11.8. The number of hydrogen-bond donors (Lipinski definition) is 0. The molecule has 0 aliphatic rings. The maximum atomic E-state index is 13.4. The summed E-state index contributed by atoms with van der Waals surface area (Å²) in [6.07, 6.45) is -9.50. The van der Waals surface area contributed by atoms with Gasteiger partial charge in [-0.3, -0.25) is 0 Å². The summed E-state index contributed by atoms with van der Waals surface area (Å²) in [6, 6.07) is 39.6. The highest BCUT2D eigenvalue weighted by molar-refractivity contribution is 5.71. The van der Waals surface area contributed by atoms with Gasteiger partial charge in [0.1, 0.15) is 18.8 Å². The molecule has 0 radical (unpaired) electrons. The van der Waals surface area contributed by atoms with E-state index in [4.69, 9.17) is 14.2 Å². The Hall–Kier alpha value is -5.19. The normalized spacial score (nSPS) is 13.1. The highest BCUT2D eigenvalue weighted by Gasteiger charge is 2.39. The van der Waals surface area contributed by atoms with Crippen molar-refractivity contribution in [3.63, 3.8) is 0 Å². The van der Waals surface area contributed by atoms with E-state index in [2.05, 4.69) is 0 Å². The number of carbonyl (C=O) groups is 1. The van der Waals surface area contributed by atoms with E-state index in [9.17, 15) is 31.1 Å². The minimum absolute atomic E-state index is 0.00255. The zero-order valence-corrected chi connectivity index (χ0v) is 27.5. The molecule has 5 rings (SSSR count). The Morgan fingerprint density at radius 1 is 0.588 bits per heavy atom. The first-order valence-electron chi connectivity index (χ1n) is 16.0. The Balaban J connectivity index is 1.37. The summed E-state index contributed by atoms with van der Waals surface area (Å²) in [6.45, 7) is 0.304. The number of benzene rings is 5. The maximum Gasteiger partial charge on any atom is 0.416 e. The Morgan fingerprint density at radius 2 is 1.02 bits per heavy atom. The number of hydrogen-bond acceptors (Lipinski definition) is 4. The zero-order valence-electron chi connectivity index (χ0n) is 27.5. The van der Waals surface area contributed by atoms with Crippen LogP contribution in [0.15, 0.2) is 145 Å². The van der Waals surface area contributed by atoms with Gasteiger partial charge in [-0.05, 0) is 58.5 Å². The van der Waals surface area contributed by atoms with Crippen LogP contribution < -0.4 is 0 Å². The first-order valence-corrected chi connectivity index (χ1v) is 16.0. The van der Waals surface area contributed by atoms with Gasteiger partial charge in [-0.25, -0.2) is 4.79 Å². The standard InChI is InChI=1S/C41H34F6O4/c1-29(32-23-36(40(42,43)44)25-37(24-32)41(45,46)47)49-28-38(48)50-26-31(22-30-14-6-2-7-15-30)27-51-39(33-16-8-3-9-17-33,34-18-10-4-11-19-34)35-20-12-5-13-21-35/h2-25,29H,26-28H2,1H3/b31-22+/t29-/m1/s1. The molecule has 0 saturated carbocycles. The van der Waals surface area contributed by atoms with Crippen LogP contribution in [0.3, 0.4) is 0 Å². The minimum atomic E-state index is -5.02. The smallest absolute Gasteiger partial charge is 0.416 e. The molecule has 0 aromatic heterocycles. The lowest BCUT2D eigenvalue weighted by Gasteiger charge is -2.36. The van der Waals surface area contributed by atoms with Gasteiger partial charge in [0.2, 0.25) is 0 Å². The van der Waals surface area contributed by atoms with Crippen molar-refractivity contribution < 1.29 is 45.3 Å². The van der Waals surface area contributed by atoms with Gasteiger partial charge in [-0.2, -0.15) is 26.3 Å². The summed E-state index contributed by atoms with van der Waals surface area (Å²) in [5, 5.41) is 0. The maximum absolute atomic E-state index is 13.4. The van der Waals surface area contributed by atoms with Crippen LogP contribution in [0.25, 0.3) is 6.08 Å². The van der Waals surface area contributed by atoms with Crippen LogP contribution in [0.4, 0.5) is 26.3 Å². The van der Waals surface area contributed by atoms with E-state index in [-0.39, 0.29) is 24.8 Å². The van der Waals surface area contributed by atoms with Gasteiger partial charge < -0.3 is 14.2 Å². The molecule has 10 heteroatoms. The Bertz CT molecular complexity index is 1760. The first-order chi connectivity index (χ1) is 24.4. The molecule has 0 fully saturated rings. The predicted octanol–water partition coefficient (Wildman–Crippen LogP) is 10.4. The topological polar surface area (TPSA) is 44.8 Å². The number of carbonyl (C=O) groups excluding carboxylic acids is 1. The van der Waals surface area contributed by atoms with E-state index in [1.54, 1.807) is 0 Å². The van der Waals surface area contributed by atoms with Crippen LogP contribution >= 0.6 is 0 Å². The molecule has 51 heavy (non-hydrogen) atoms. The van der Waals surface area contributed by atoms with E-state index in [1.165, 1.54) is 6.92 Å². The summed E-state index contributed by atoms with van der Waals surface area (Å²) in [5.41, 5.74) is -0.423. The third-order valence-electron chi connectivity index (χ3n) is 8.13. The molecular weight excluding hydrogens is 670 g/mol. The largest absolute Gasteiger partial charge is 0.459 e. The second-order valence-electron chi connectivity index (χ2n) is 11.7. The van der Waals surface area contributed by atoms with E-state index in [0.29, 0.717) is 17.7 Å². The molecule has 0 unspecified atom stereocenters. The summed E-state index contributed by atoms with van der Waals surface area (Å²) in [5.74, 6) is -0.871. The zero-order chi connectivity index (χ0) is 36.5. The average Bonchev–Trinajstić information content (AvgIpc) is 3.14. The van der Waals surface area contributed by atoms with Crippen molar-refractivity contribution in [1.29, 1.82) is 0 Å². The highest BCUT2D eigenvalue weighted by atomic mass is 19.4. The van der Waals surface area contributed by atoms with Crippen molar-refractivity contribution in [3.05, 3.63) is 184 Å². The highest BCUT2D eigenvalue weighted by Crippen LogP contribution is 2.41. The predicted molar refractivity (Wildman–Crippen MR) is 181 cm³/mol. The van der Waals surface area contributed by atoms with Gasteiger partial charge in [-0.15, -0.1) is 0 Å². The lowest BCUT2D eigenvalue weighted by molar-refractivity contribution is -0.150. The van der Waals surface area contributed by atoms with Gasteiger partial charge in [0.25, 0.3) is 0 Å². The molecule has 0 saturated heterocycles. The second-order valence-corrected chi connectivity index (χ2v) is 11.7. The van der Waals surface area contributed by atoms with Crippen LogP contribution in [-0.4, -0.2) is 25.8 Å². The third-order valence-corrected chi connectivity index (χ3v) is 8.13. The molecule has 0 aliphatic heterocycles. The summed E-state index contributed by atoms with van der Waals surface area (Å²) < 4.78 is 98.1. The fourth-order valence-electron chi connectivity index (χ4n) is 5.60. The van der Waals surface area contributed by atoms with Gasteiger partial charge in [-0.1, -0.05) is 127 Å². The van der Waals surface area contributed by atoms with Crippen molar-refractivity contribution in [2.24, 2.45) is 0 Å². The van der Waals surface area contributed by atoms with Gasteiger partial charge >= 0.3 is 18.3 Å². The van der Waals surface area contributed by atoms with Crippen molar-refractivity contribution in [2.75, 3.05) is 19.8 Å². The van der Waals surface area contributed by atoms with Crippen LogP contribution in [0.2, 0.25) is 0 Å². The summed E-state index contributed by atoms with van der Waals surface area (Å²) in [7, 11) is 0. The van der Waals surface area contributed by atoms with Gasteiger partial charge in [0, 0.05) is 0 Å². The molecule has 264 valence electrons. The van der Waals surface area contributed by atoms with Gasteiger partial charge in [0.05, 0.1) is 23.8 Å². The van der Waals surface area contributed by atoms with E-state index >= 15 is 0 Å². The van der Waals surface area contributed by atoms with Crippen LogP contribution in [0, 0.1) is 0 Å². The Labute approximate surface area is 291 Å². The quantitative estimate of drug-likeness (QED) is 0.0695. The molecular formula is C41H34F6O4. The SMILES string of the molecule is C[C@@H](OCC(=O)OC/C(=C\c1ccccc1)COC(c1ccccc1)(c1ccccc1)c1ccccc1)c1cc(C(F)(F)F)cc(C(F)(F)F)c1. The molecule has 0 aliphatic carbocycles. The molecule has 4 nitrogen and oxygen atoms in total. The molecule has 5 aromatic rings. The minimum Gasteiger partial charge on any atom is -0.459 e. The van der Waals surface area contributed by atoms with Crippen molar-refractivity contribution >= 4 is 12.0 Å². The number of alkyl halides is 6. The first kappa shape index (κ1) is 37.1. The molecule has 5 aromatic carbocycles. The van der Waals surface area contributed by atoms with Crippen molar-refractivity contribution in [2.45, 2.75) is 31.0 Å². The summed E-state index contributed by atoms with van der Waals surface area (Å²) >= 11 is 0. The lowest BCUT2D eigenvalue weighted by atomic mass is 9.80. The lowest BCUT2D eigenvalue weighted by Crippen LogP contribution is -2.34. The summed E-state index contributed by atoms with van der Waals surface area (Å²) in [4.78, 5) is 12.9. The molecule has 0 heterocycles. The number of rotatable bonds is 13. The molecule has 0 spiro atoms. The van der Waals surface area contributed by atoms with Crippen LogP contribution in [0.1, 0.15) is 52.0 Å².